The number of carbonyl (C=O) groups excluding carboxylic acids is 2. The highest BCUT2D eigenvalue weighted by Crippen LogP contribution is 2.10. The van der Waals surface area contributed by atoms with Crippen LogP contribution in [0.5, 0.6) is 0 Å². The minimum atomic E-state index is -0.448. The lowest BCUT2D eigenvalue weighted by molar-refractivity contribution is -0.145. The SMILES string of the molecule is COCCN(CC(C)C(=O)OC)C(=O)c1ccc(F)cc1. The molecule has 0 bridgehead atoms. The zero-order valence-corrected chi connectivity index (χ0v) is 12.5. The number of hydrogen-bond acceptors (Lipinski definition) is 4. The normalized spacial score (nSPS) is 11.8. The van der Waals surface area contributed by atoms with Gasteiger partial charge < -0.3 is 14.4 Å². The first-order chi connectivity index (χ1) is 9.99. The molecule has 6 heteroatoms. The van der Waals surface area contributed by atoms with Crippen molar-refractivity contribution in [3.8, 4) is 0 Å². The van der Waals surface area contributed by atoms with E-state index in [1.807, 2.05) is 0 Å². The van der Waals surface area contributed by atoms with Gasteiger partial charge in [0.05, 0.1) is 19.6 Å². The van der Waals surface area contributed by atoms with Gasteiger partial charge in [0.25, 0.3) is 5.91 Å². The van der Waals surface area contributed by atoms with E-state index in [9.17, 15) is 14.0 Å². The lowest BCUT2D eigenvalue weighted by atomic mass is 10.1. The van der Waals surface area contributed by atoms with Gasteiger partial charge in [-0.25, -0.2) is 4.39 Å². The predicted octanol–water partition coefficient (Wildman–Crippen LogP) is 1.72. The summed E-state index contributed by atoms with van der Waals surface area (Å²) in [6.07, 6.45) is 0. The fourth-order valence-corrected chi connectivity index (χ4v) is 1.86. The van der Waals surface area contributed by atoms with Gasteiger partial charge in [-0.1, -0.05) is 6.92 Å². The number of nitrogens with zero attached hydrogens (tertiary/aromatic N) is 1. The van der Waals surface area contributed by atoms with E-state index in [1.165, 1.54) is 43.4 Å². The van der Waals surface area contributed by atoms with Gasteiger partial charge in [0, 0.05) is 25.8 Å². The van der Waals surface area contributed by atoms with E-state index in [-0.39, 0.29) is 18.4 Å². The smallest absolute Gasteiger partial charge is 0.310 e. The van der Waals surface area contributed by atoms with E-state index in [0.717, 1.165) is 0 Å². The lowest BCUT2D eigenvalue weighted by Gasteiger charge is -2.25. The molecule has 5 nitrogen and oxygen atoms in total. The third-order valence-corrected chi connectivity index (χ3v) is 3.04. The molecule has 1 atom stereocenters. The standard InChI is InChI=1S/C15H20FNO4/c1-11(15(19)21-3)10-17(8-9-20-2)14(18)12-4-6-13(16)7-5-12/h4-7,11H,8-10H2,1-3H3. The molecule has 21 heavy (non-hydrogen) atoms. The number of esters is 1. The van der Waals surface area contributed by atoms with Crippen LogP contribution in [0.15, 0.2) is 24.3 Å². The highest BCUT2D eigenvalue weighted by atomic mass is 19.1. The Hall–Kier alpha value is -1.95. The molecule has 0 aromatic heterocycles. The molecule has 0 aliphatic carbocycles. The van der Waals surface area contributed by atoms with Crippen LogP contribution < -0.4 is 0 Å². The van der Waals surface area contributed by atoms with Crippen LogP contribution in [-0.2, 0) is 14.3 Å². The molecule has 0 aliphatic heterocycles. The van der Waals surface area contributed by atoms with Gasteiger partial charge >= 0.3 is 5.97 Å². The lowest BCUT2D eigenvalue weighted by Crippen LogP contribution is -2.39. The Kier molecular flexibility index (Phi) is 6.81. The van der Waals surface area contributed by atoms with Crippen molar-refractivity contribution in [1.29, 1.82) is 0 Å². The van der Waals surface area contributed by atoms with Gasteiger partial charge in [-0.3, -0.25) is 9.59 Å². The average molecular weight is 297 g/mol. The molecule has 0 aliphatic rings. The molecule has 1 aromatic carbocycles. The third kappa shape index (κ3) is 5.15. The molecule has 1 aromatic rings. The molecule has 0 saturated heterocycles. The number of halogens is 1. The molecule has 0 heterocycles. The molecule has 116 valence electrons. The van der Waals surface area contributed by atoms with Crippen molar-refractivity contribution in [2.24, 2.45) is 5.92 Å². The molecule has 0 radical (unpaired) electrons. The van der Waals surface area contributed by atoms with Crippen molar-refractivity contribution in [2.45, 2.75) is 6.92 Å². The number of amides is 1. The summed E-state index contributed by atoms with van der Waals surface area (Å²) in [7, 11) is 2.84. The highest BCUT2D eigenvalue weighted by Gasteiger charge is 2.22. The van der Waals surface area contributed by atoms with Crippen molar-refractivity contribution >= 4 is 11.9 Å². The largest absolute Gasteiger partial charge is 0.469 e. The molecule has 1 amide bonds. The molecule has 1 rings (SSSR count). The number of ether oxygens (including phenoxy) is 2. The van der Waals surface area contributed by atoms with Gasteiger partial charge in [0.15, 0.2) is 0 Å². The Morgan fingerprint density at radius 3 is 2.38 bits per heavy atom. The van der Waals surface area contributed by atoms with E-state index >= 15 is 0 Å². The summed E-state index contributed by atoms with van der Waals surface area (Å²) in [5, 5.41) is 0. The topological polar surface area (TPSA) is 55.8 Å². The Labute approximate surface area is 123 Å². The Bertz CT molecular complexity index is 475. The minimum Gasteiger partial charge on any atom is -0.469 e. The molecular formula is C15H20FNO4. The first-order valence-corrected chi connectivity index (χ1v) is 6.61. The van der Waals surface area contributed by atoms with Crippen LogP contribution in [0.3, 0.4) is 0 Å². The van der Waals surface area contributed by atoms with Crippen LogP contribution in [0.4, 0.5) is 4.39 Å². The van der Waals surface area contributed by atoms with Gasteiger partial charge in [-0.05, 0) is 24.3 Å². The summed E-state index contributed by atoms with van der Waals surface area (Å²) in [5.41, 5.74) is 0.365. The fraction of sp³-hybridized carbons (Fsp3) is 0.467. The Morgan fingerprint density at radius 2 is 1.86 bits per heavy atom. The first-order valence-electron chi connectivity index (χ1n) is 6.61. The highest BCUT2D eigenvalue weighted by molar-refractivity contribution is 5.94. The van der Waals surface area contributed by atoms with Crippen LogP contribution in [0, 0.1) is 11.7 Å². The number of rotatable bonds is 7. The Balaban J connectivity index is 2.82. The van der Waals surface area contributed by atoms with E-state index in [1.54, 1.807) is 6.92 Å². The van der Waals surface area contributed by atoms with Crippen LogP contribution >= 0.6 is 0 Å². The number of carbonyl (C=O) groups is 2. The van der Waals surface area contributed by atoms with Gasteiger partial charge in [0.2, 0.25) is 0 Å². The predicted molar refractivity (Wildman–Crippen MR) is 75.4 cm³/mol. The molecule has 0 saturated carbocycles. The summed E-state index contributed by atoms with van der Waals surface area (Å²) in [6.45, 7) is 2.59. The van der Waals surface area contributed by atoms with Crippen molar-refractivity contribution < 1.29 is 23.5 Å². The molecule has 0 spiro atoms. The quantitative estimate of drug-likeness (QED) is 0.719. The zero-order chi connectivity index (χ0) is 15.8. The van der Waals surface area contributed by atoms with Crippen molar-refractivity contribution in [3.05, 3.63) is 35.6 Å². The minimum absolute atomic E-state index is 0.215. The molecule has 0 fully saturated rings. The number of hydrogen-bond donors (Lipinski definition) is 0. The second-order valence-electron chi connectivity index (χ2n) is 4.68. The summed E-state index contributed by atoms with van der Waals surface area (Å²) in [6, 6.07) is 5.29. The van der Waals surface area contributed by atoms with E-state index in [4.69, 9.17) is 4.74 Å². The van der Waals surface area contributed by atoms with Crippen molar-refractivity contribution in [2.75, 3.05) is 33.9 Å². The summed E-state index contributed by atoms with van der Waals surface area (Å²) >= 11 is 0. The molecule has 0 N–H and O–H groups in total. The second-order valence-corrected chi connectivity index (χ2v) is 4.68. The fourth-order valence-electron chi connectivity index (χ4n) is 1.86. The monoisotopic (exact) mass is 297 g/mol. The summed E-state index contributed by atoms with van der Waals surface area (Å²) in [5.74, 6) is -1.51. The van der Waals surface area contributed by atoms with Gasteiger partial charge in [-0.15, -0.1) is 0 Å². The van der Waals surface area contributed by atoms with Crippen LogP contribution in [0.2, 0.25) is 0 Å². The maximum Gasteiger partial charge on any atom is 0.310 e. The zero-order valence-electron chi connectivity index (χ0n) is 12.5. The summed E-state index contributed by atoms with van der Waals surface area (Å²) in [4.78, 5) is 25.4. The third-order valence-electron chi connectivity index (χ3n) is 3.04. The molecular weight excluding hydrogens is 277 g/mol. The maximum atomic E-state index is 12.9. The Morgan fingerprint density at radius 1 is 1.24 bits per heavy atom. The van der Waals surface area contributed by atoms with Crippen LogP contribution in [0.1, 0.15) is 17.3 Å². The molecule has 1 unspecified atom stereocenters. The number of methoxy groups -OCH3 is 2. The summed E-state index contributed by atoms with van der Waals surface area (Å²) < 4.78 is 22.5. The van der Waals surface area contributed by atoms with Crippen molar-refractivity contribution in [3.63, 3.8) is 0 Å². The van der Waals surface area contributed by atoms with Crippen LogP contribution in [0.25, 0.3) is 0 Å². The maximum absolute atomic E-state index is 12.9. The van der Waals surface area contributed by atoms with Gasteiger partial charge in [-0.2, -0.15) is 0 Å². The van der Waals surface area contributed by atoms with Crippen molar-refractivity contribution in [1.82, 2.24) is 4.90 Å². The second kappa shape index (κ2) is 8.36. The van der Waals surface area contributed by atoms with E-state index in [0.29, 0.717) is 18.7 Å². The first kappa shape index (κ1) is 17.1. The van der Waals surface area contributed by atoms with Gasteiger partial charge in [0.1, 0.15) is 5.82 Å². The van der Waals surface area contributed by atoms with Crippen LogP contribution in [-0.4, -0.2) is 50.7 Å². The average Bonchev–Trinajstić information content (AvgIpc) is 2.50. The number of benzene rings is 1. The van der Waals surface area contributed by atoms with E-state index < -0.39 is 11.7 Å². The van der Waals surface area contributed by atoms with E-state index in [2.05, 4.69) is 4.74 Å².